The first kappa shape index (κ1) is 20.7. The molecule has 2 aliphatic rings. The Morgan fingerprint density at radius 2 is 2.00 bits per heavy atom. The number of benzene rings is 1. The number of aliphatic carboxylic acids is 1. The van der Waals surface area contributed by atoms with Crippen molar-refractivity contribution in [1.82, 2.24) is 9.80 Å². The fourth-order valence-corrected chi connectivity index (χ4v) is 4.26. The molecule has 2 atom stereocenters. The van der Waals surface area contributed by atoms with Crippen molar-refractivity contribution < 1.29 is 23.8 Å². The predicted molar refractivity (Wildman–Crippen MR) is 103 cm³/mol. The van der Waals surface area contributed by atoms with E-state index in [0.717, 1.165) is 19.5 Å². The second-order valence-corrected chi connectivity index (χ2v) is 7.80. The minimum absolute atomic E-state index is 0.0241. The van der Waals surface area contributed by atoms with E-state index in [2.05, 4.69) is 4.90 Å². The van der Waals surface area contributed by atoms with Crippen molar-refractivity contribution in [2.24, 2.45) is 5.92 Å². The molecule has 2 saturated heterocycles. The van der Waals surface area contributed by atoms with Crippen LogP contribution in [-0.4, -0.2) is 72.2 Å². The molecule has 0 aliphatic carbocycles. The smallest absolute Gasteiger partial charge is 0.303 e. The fourth-order valence-electron chi connectivity index (χ4n) is 4.26. The number of hydrogen-bond donors (Lipinski definition) is 1. The highest BCUT2D eigenvalue weighted by molar-refractivity contribution is 5.79. The second-order valence-electron chi connectivity index (χ2n) is 7.80. The van der Waals surface area contributed by atoms with Crippen LogP contribution in [0.15, 0.2) is 18.2 Å². The van der Waals surface area contributed by atoms with Gasteiger partial charge in [-0.15, -0.1) is 0 Å². The maximum Gasteiger partial charge on any atom is 0.303 e. The molecule has 7 heteroatoms. The van der Waals surface area contributed by atoms with Crippen LogP contribution in [0, 0.1) is 18.7 Å². The van der Waals surface area contributed by atoms with Gasteiger partial charge in [-0.3, -0.25) is 14.5 Å². The molecule has 3 rings (SSSR count). The number of ether oxygens (including phenoxy) is 1. The van der Waals surface area contributed by atoms with Crippen molar-refractivity contribution in [3.8, 4) is 0 Å². The summed E-state index contributed by atoms with van der Waals surface area (Å²) >= 11 is 0. The molecule has 0 saturated carbocycles. The molecule has 1 N–H and O–H groups in total. The Balaban J connectivity index is 1.64. The Morgan fingerprint density at radius 3 is 2.68 bits per heavy atom. The summed E-state index contributed by atoms with van der Waals surface area (Å²) in [5, 5.41) is 9.11. The fraction of sp³-hybridized carbons (Fsp3) is 0.619. The van der Waals surface area contributed by atoms with Crippen molar-refractivity contribution in [2.75, 3.05) is 39.4 Å². The molecular formula is C21H29FN2O4. The Bertz CT molecular complexity index is 706. The normalized spacial score (nSPS) is 23.6. The molecule has 1 amide bonds. The van der Waals surface area contributed by atoms with Crippen molar-refractivity contribution in [3.63, 3.8) is 0 Å². The molecular weight excluding hydrogens is 363 g/mol. The summed E-state index contributed by atoms with van der Waals surface area (Å²) in [5.41, 5.74) is 1.24. The molecule has 0 spiro atoms. The number of likely N-dealkylation sites (tertiary alicyclic amines) is 1. The van der Waals surface area contributed by atoms with E-state index in [-0.39, 0.29) is 36.5 Å². The molecule has 0 bridgehead atoms. The van der Waals surface area contributed by atoms with Crippen molar-refractivity contribution in [2.45, 2.75) is 38.6 Å². The van der Waals surface area contributed by atoms with Gasteiger partial charge < -0.3 is 14.7 Å². The van der Waals surface area contributed by atoms with E-state index in [1.807, 2.05) is 4.90 Å². The van der Waals surface area contributed by atoms with E-state index < -0.39 is 5.97 Å². The van der Waals surface area contributed by atoms with E-state index in [0.29, 0.717) is 43.9 Å². The third-order valence-corrected chi connectivity index (χ3v) is 5.88. The number of carboxylic acids is 1. The lowest BCUT2D eigenvalue weighted by Gasteiger charge is -2.45. The molecule has 0 radical (unpaired) electrons. The lowest BCUT2D eigenvalue weighted by atomic mass is 9.86. The number of rotatable bonds is 6. The maximum atomic E-state index is 13.8. The molecule has 0 aromatic heterocycles. The first-order chi connectivity index (χ1) is 13.4. The zero-order valence-corrected chi connectivity index (χ0v) is 16.4. The van der Waals surface area contributed by atoms with Gasteiger partial charge in [-0.05, 0) is 42.9 Å². The van der Waals surface area contributed by atoms with Crippen LogP contribution in [-0.2, 0) is 20.7 Å². The van der Waals surface area contributed by atoms with Crippen LogP contribution in [0.5, 0.6) is 0 Å². The third-order valence-electron chi connectivity index (χ3n) is 5.88. The summed E-state index contributed by atoms with van der Waals surface area (Å²) in [5.74, 6) is -0.999. The third kappa shape index (κ3) is 5.29. The first-order valence-corrected chi connectivity index (χ1v) is 10.0. The highest BCUT2D eigenvalue weighted by Gasteiger charge is 2.35. The van der Waals surface area contributed by atoms with Crippen molar-refractivity contribution in [3.05, 3.63) is 35.1 Å². The predicted octanol–water partition coefficient (Wildman–Crippen LogP) is 2.09. The summed E-state index contributed by atoms with van der Waals surface area (Å²) < 4.78 is 19.2. The van der Waals surface area contributed by atoms with Crippen molar-refractivity contribution >= 4 is 11.9 Å². The van der Waals surface area contributed by atoms with Crippen LogP contribution in [0.4, 0.5) is 4.39 Å². The Labute approximate surface area is 165 Å². The second kappa shape index (κ2) is 9.47. The Hall–Kier alpha value is -1.99. The lowest BCUT2D eigenvalue weighted by molar-refractivity contribution is -0.138. The van der Waals surface area contributed by atoms with E-state index in [4.69, 9.17) is 9.84 Å². The topological polar surface area (TPSA) is 70.1 Å². The van der Waals surface area contributed by atoms with Crippen LogP contribution in [0.1, 0.15) is 30.4 Å². The van der Waals surface area contributed by atoms with Crippen molar-refractivity contribution in [1.29, 1.82) is 0 Å². The number of aryl methyl sites for hydroxylation is 1. The number of amides is 1. The summed E-state index contributed by atoms with van der Waals surface area (Å²) in [4.78, 5) is 28.1. The van der Waals surface area contributed by atoms with Gasteiger partial charge in [0.15, 0.2) is 0 Å². The molecule has 1 aromatic rings. The number of hydrogen-bond acceptors (Lipinski definition) is 4. The summed E-state index contributed by atoms with van der Waals surface area (Å²) in [6.45, 7) is 6.01. The van der Waals surface area contributed by atoms with E-state index in [1.165, 1.54) is 6.07 Å². The average molecular weight is 392 g/mol. The highest BCUT2D eigenvalue weighted by atomic mass is 19.1. The van der Waals surface area contributed by atoms with Crippen LogP contribution in [0.2, 0.25) is 0 Å². The number of carboxylic acid groups (broad SMARTS) is 1. The number of halogens is 1. The molecule has 0 unspecified atom stereocenters. The van der Waals surface area contributed by atoms with Gasteiger partial charge in [-0.2, -0.15) is 0 Å². The average Bonchev–Trinajstić information content (AvgIpc) is 2.69. The van der Waals surface area contributed by atoms with Gasteiger partial charge in [-0.25, -0.2) is 4.39 Å². The maximum absolute atomic E-state index is 13.8. The largest absolute Gasteiger partial charge is 0.481 e. The van der Waals surface area contributed by atoms with Gasteiger partial charge in [0.2, 0.25) is 5.91 Å². The zero-order chi connectivity index (χ0) is 20.1. The van der Waals surface area contributed by atoms with Crippen LogP contribution in [0.25, 0.3) is 0 Å². The van der Waals surface area contributed by atoms with Gasteiger partial charge >= 0.3 is 5.97 Å². The highest BCUT2D eigenvalue weighted by Crippen LogP contribution is 2.27. The van der Waals surface area contributed by atoms with Crippen LogP contribution < -0.4 is 0 Å². The molecule has 2 fully saturated rings. The van der Waals surface area contributed by atoms with E-state index >= 15 is 0 Å². The number of carbonyl (C=O) groups excluding carboxylic acids is 1. The van der Waals surface area contributed by atoms with Gasteiger partial charge in [-0.1, -0.05) is 12.1 Å². The quantitative estimate of drug-likeness (QED) is 0.803. The number of carbonyl (C=O) groups is 2. The van der Waals surface area contributed by atoms with Gasteiger partial charge in [0.05, 0.1) is 19.6 Å². The number of morpholine rings is 1. The minimum atomic E-state index is -0.806. The minimum Gasteiger partial charge on any atom is -0.481 e. The SMILES string of the molecule is Cc1ccc(CC(=O)N2CC[C@H](N3CCOCC3)[C@H](CCC(=O)O)C2)cc1F. The summed E-state index contributed by atoms with van der Waals surface area (Å²) in [6.07, 6.45) is 1.67. The van der Waals surface area contributed by atoms with E-state index in [1.54, 1.807) is 19.1 Å². The number of piperidine rings is 1. The van der Waals surface area contributed by atoms with Gasteiger partial charge in [0.1, 0.15) is 5.82 Å². The van der Waals surface area contributed by atoms with Crippen LogP contribution in [0.3, 0.4) is 0 Å². The molecule has 1 aromatic carbocycles. The molecule has 2 heterocycles. The molecule has 6 nitrogen and oxygen atoms in total. The molecule has 28 heavy (non-hydrogen) atoms. The first-order valence-electron chi connectivity index (χ1n) is 10.0. The summed E-state index contributed by atoms with van der Waals surface area (Å²) in [7, 11) is 0. The lowest BCUT2D eigenvalue weighted by Crippen LogP contribution is -2.55. The monoisotopic (exact) mass is 392 g/mol. The summed E-state index contributed by atoms with van der Waals surface area (Å²) in [6, 6.07) is 5.19. The van der Waals surface area contributed by atoms with Crippen LogP contribution >= 0.6 is 0 Å². The molecule has 154 valence electrons. The van der Waals surface area contributed by atoms with E-state index in [9.17, 15) is 14.0 Å². The van der Waals surface area contributed by atoms with Gasteiger partial charge in [0.25, 0.3) is 0 Å². The Morgan fingerprint density at radius 1 is 1.25 bits per heavy atom. The molecule has 2 aliphatic heterocycles. The zero-order valence-electron chi connectivity index (χ0n) is 16.4. The number of nitrogens with zero attached hydrogens (tertiary/aromatic N) is 2. The Kier molecular flexibility index (Phi) is 7.02. The standard InChI is InChI=1S/C21H29FN2O4/c1-15-2-3-16(12-18(15)22)13-20(25)24-7-6-19(23-8-10-28-11-9-23)17(14-24)4-5-21(26)27/h2-3,12,17,19H,4-11,13-14H2,1H3,(H,26,27)/t17-,19+/m1/s1. The van der Waals surface area contributed by atoms with Gasteiger partial charge in [0, 0.05) is 38.6 Å².